The number of ether oxygens (including phenoxy) is 1. The van der Waals surface area contributed by atoms with Gasteiger partial charge in [0.25, 0.3) is 0 Å². The zero-order valence-electron chi connectivity index (χ0n) is 14.8. The molecule has 0 saturated heterocycles. The zero-order valence-corrected chi connectivity index (χ0v) is 14.8. The number of fused-ring (bicyclic) bond motifs is 1. The maximum Gasteiger partial charge on any atom is 0.348 e. The number of aromatic amines is 1. The second-order valence-electron chi connectivity index (χ2n) is 6.18. The highest BCUT2D eigenvalue weighted by Gasteiger charge is 2.34. The summed E-state index contributed by atoms with van der Waals surface area (Å²) in [7, 11) is 0. The Balaban J connectivity index is 2.02. The molecule has 7 nitrogen and oxygen atoms in total. The third kappa shape index (κ3) is 3.46. The molecule has 1 unspecified atom stereocenters. The topological polar surface area (TPSA) is 110 Å². The standard InChI is InChI=1S/C19H22N4O3/c1-3-26-18(24)14-11(2)21-17-15(16(20)22-19(25)23-17)13(14)10-9-12-7-5-4-6-8-12/h4-8,13H,3,9-10H2,1-2H3,(H4,20,21,22,23,25). The molecule has 1 atom stereocenters. The SMILES string of the molecule is CCOC(=O)C1=C(C)Nc2nc(=O)[nH]c(N)c2C1CCc1ccccc1. The van der Waals surface area contributed by atoms with Crippen LogP contribution in [0.25, 0.3) is 0 Å². The van der Waals surface area contributed by atoms with Crippen molar-refractivity contribution in [1.29, 1.82) is 0 Å². The number of nitrogens with one attached hydrogen (secondary N) is 2. The second kappa shape index (κ2) is 7.43. The smallest absolute Gasteiger partial charge is 0.348 e. The van der Waals surface area contributed by atoms with Gasteiger partial charge in [0.05, 0.1) is 12.2 Å². The fraction of sp³-hybridized carbons (Fsp3) is 0.316. The van der Waals surface area contributed by atoms with Crippen LogP contribution in [-0.4, -0.2) is 22.5 Å². The Bertz CT molecular complexity index is 903. The fourth-order valence-corrected chi connectivity index (χ4v) is 3.35. The van der Waals surface area contributed by atoms with E-state index >= 15 is 0 Å². The van der Waals surface area contributed by atoms with Gasteiger partial charge in [0.15, 0.2) is 0 Å². The van der Waals surface area contributed by atoms with Crippen molar-refractivity contribution in [1.82, 2.24) is 9.97 Å². The van der Waals surface area contributed by atoms with E-state index in [9.17, 15) is 9.59 Å². The summed E-state index contributed by atoms with van der Waals surface area (Å²) in [5.74, 6) is -0.0728. The van der Waals surface area contributed by atoms with Gasteiger partial charge in [-0.15, -0.1) is 0 Å². The number of benzene rings is 1. The van der Waals surface area contributed by atoms with E-state index in [1.165, 1.54) is 0 Å². The van der Waals surface area contributed by atoms with Crippen molar-refractivity contribution >= 4 is 17.6 Å². The summed E-state index contributed by atoms with van der Waals surface area (Å²) in [6.07, 6.45) is 1.39. The van der Waals surface area contributed by atoms with E-state index in [1.807, 2.05) is 30.3 Å². The normalized spacial score (nSPS) is 16.0. The largest absolute Gasteiger partial charge is 0.463 e. The number of esters is 1. The van der Waals surface area contributed by atoms with E-state index in [4.69, 9.17) is 10.5 Å². The highest BCUT2D eigenvalue weighted by Crippen LogP contribution is 2.41. The van der Waals surface area contributed by atoms with Crippen molar-refractivity contribution in [3.8, 4) is 0 Å². The van der Waals surface area contributed by atoms with Gasteiger partial charge in [-0.25, -0.2) is 9.59 Å². The van der Waals surface area contributed by atoms with Crippen molar-refractivity contribution < 1.29 is 9.53 Å². The van der Waals surface area contributed by atoms with E-state index in [0.717, 1.165) is 12.0 Å². The van der Waals surface area contributed by atoms with Gasteiger partial charge in [-0.05, 0) is 32.3 Å². The number of rotatable bonds is 5. The summed E-state index contributed by atoms with van der Waals surface area (Å²) in [5, 5.41) is 3.03. The van der Waals surface area contributed by atoms with Gasteiger partial charge in [-0.3, -0.25) is 4.98 Å². The Morgan fingerprint density at radius 3 is 2.73 bits per heavy atom. The van der Waals surface area contributed by atoms with Gasteiger partial charge in [0.2, 0.25) is 0 Å². The quantitative estimate of drug-likeness (QED) is 0.711. The number of hydrogen-bond donors (Lipinski definition) is 3. The molecule has 0 bridgehead atoms. The van der Waals surface area contributed by atoms with Crippen LogP contribution in [0.1, 0.15) is 37.3 Å². The first-order valence-corrected chi connectivity index (χ1v) is 8.59. The van der Waals surface area contributed by atoms with E-state index in [0.29, 0.717) is 29.1 Å². The molecule has 0 saturated carbocycles. The van der Waals surface area contributed by atoms with E-state index in [1.54, 1.807) is 13.8 Å². The lowest BCUT2D eigenvalue weighted by Crippen LogP contribution is -2.29. The number of hydrogen-bond acceptors (Lipinski definition) is 6. The maximum absolute atomic E-state index is 12.6. The first-order valence-electron chi connectivity index (χ1n) is 8.59. The molecule has 4 N–H and O–H groups in total. The van der Waals surface area contributed by atoms with Gasteiger partial charge in [-0.1, -0.05) is 30.3 Å². The van der Waals surface area contributed by atoms with Crippen LogP contribution in [0.3, 0.4) is 0 Å². The molecule has 0 fully saturated rings. The molecule has 3 rings (SSSR count). The average molecular weight is 354 g/mol. The summed E-state index contributed by atoms with van der Waals surface area (Å²) in [5.41, 5.74) is 8.49. The minimum atomic E-state index is -0.525. The minimum Gasteiger partial charge on any atom is -0.463 e. The van der Waals surface area contributed by atoms with Crippen LogP contribution < -0.4 is 16.7 Å². The summed E-state index contributed by atoms with van der Waals surface area (Å²) in [6, 6.07) is 10.00. The number of H-pyrrole nitrogens is 1. The molecule has 1 aliphatic heterocycles. The molecule has 0 aliphatic carbocycles. The number of nitrogens with two attached hydrogens (primary N) is 1. The van der Waals surface area contributed by atoms with Crippen LogP contribution >= 0.6 is 0 Å². The van der Waals surface area contributed by atoms with Crippen molar-refractivity contribution in [2.75, 3.05) is 17.7 Å². The predicted molar refractivity (Wildman–Crippen MR) is 99.7 cm³/mol. The van der Waals surface area contributed by atoms with Crippen molar-refractivity contribution in [3.63, 3.8) is 0 Å². The first kappa shape index (κ1) is 17.7. The van der Waals surface area contributed by atoms with Gasteiger partial charge in [0, 0.05) is 17.2 Å². The number of anilines is 2. The summed E-state index contributed by atoms with van der Waals surface area (Å²) in [6.45, 7) is 3.83. The fourth-order valence-electron chi connectivity index (χ4n) is 3.35. The Hall–Kier alpha value is -3.09. The lowest BCUT2D eigenvalue weighted by Gasteiger charge is -2.29. The van der Waals surface area contributed by atoms with Gasteiger partial charge in [-0.2, -0.15) is 4.98 Å². The molecule has 1 aromatic heterocycles. The van der Waals surface area contributed by atoms with Crippen LogP contribution in [0.2, 0.25) is 0 Å². The number of nitrogen functional groups attached to an aromatic ring is 1. The maximum atomic E-state index is 12.6. The van der Waals surface area contributed by atoms with Crippen LogP contribution in [0, 0.1) is 0 Å². The number of carbonyl (C=O) groups is 1. The van der Waals surface area contributed by atoms with Gasteiger partial charge >= 0.3 is 11.7 Å². The van der Waals surface area contributed by atoms with Crippen molar-refractivity contribution in [2.24, 2.45) is 0 Å². The summed E-state index contributed by atoms with van der Waals surface area (Å²) in [4.78, 5) is 30.8. The molecule has 0 amide bonds. The van der Waals surface area contributed by atoms with E-state index in [-0.39, 0.29) is 24.3 Å². The number of carbonyl (C=O) groups excluding carboxylic acids is 1. The lowest BCUT2D eigenvalue weighted by atomic mass is 9.83. The van der Waals surface area contributed by atoms with Crippen LogP contribution in [0.4, 0.5) is 11.6 Å². The Morgan fingerprint density at radius 1 is 1.31 bits per heavy atom. The van der Waals surface area contributed by atoms with Gasteiger partial charge in [0.1, 0.15) is 11.6 Å². The summed E-state index contributed by atoms with van der Waals surface area (Å²) >= 11 is 0. The molecule has 1 aliphatic rings. The first-order chi connectivity index (χ1) is 12.5. The van der Waals surface area contributed by atoms with Crippen molar-refractivity contribution in [3.05, 3.63) is 63.2 Å². The lowest BCUT2D eigenvalue weighted by molar-refractivity contribution is -0.138. The second-order valence-corrected chi connectivity index (χ2v) is 6.18. The predicted octanol–water partition coefficient (Wildman–Crippen LogP) is 2.33. The Morgan fingerprint density at radius 2 is 2.04 bits per heavy atom. The highest BCUT2D eigenvalue weighted by atomic mass is 16.5. The molecule has 136 valence electrons. The average Bonchev–Trinajstić information content (AvgIpc) is 2.59. The van der Waals surface area contributed by atoms with Gasteiger partial charge < -0.3 is 15.8 Å². The molecule has 26 heavy (non-hydrogen) atoms. The van der Waals surface area contributed by atoms with Crippen molar-refractivity contribution in [2.45, 2.75) is 32.6 Å². The highest BCUT2D eigenvalue weighted by molar-refractivity contribution is 5.93. The third-order valence-corrected chi connectivity index (χ3v) is 4.47. The van der Waals surface area contributed by atoms with Crippen LogP contribution in [0.15, 0.2) is 46.4 Å². The molecule has 1 aromatic carbocycles. The zero-order chi connectivity index (χ0) is 18.7. The molecule has 0 spiro atoms. The van der Waals surface area contributed by atoms with Crippen LogP contribution in [0.5, 0.6) is 0 Å². The minimum absolute atomic E-state index is 0.222. The molecular weight excluding hydrogens is 332 g/mol. The Kier molecular flexibility index (Phi) is 5.06. The summed E-state index contributed by atoms with van der Waals surface area (Å²) < 4.78 is 5.24. The number of nitrogens with zero attached hydrogens (tertiary/aromatic N) is 1. The third-order valence-electron chi connectivity index (χ3n) is 4.47. The Labute approximate surface area is 151 Å². The molecule has 2 heterocycles. The molecule has 2 aromatic rings. The molecule has 0 radical (unpaired) electrons. The van der Waals surface area contributed by atoms with Crippen LogP contribution in [-0.2, 0) is 16.0 Å². The number of aryl methyl sites for hydroxylation is 1. The molecular formula is C19H22N4O3. The monoisotopic (exact) mass is 354 g/mol. The molecule has 7 heteroatoms. The number of aromatic nitrogens is 2. The van der Waals surface area contributed by atoms with E-state index in [2.05, 4.69) is 15.3 Å². The van der Waals surface area contributed by atoms with E-state index < -0.39 is 5.69 Å². The number of allylic oxidation sites excluding steroid dienone is 1.